The van der Waals surface area contributed by atoms with Crippen LogP contribution in [0.2, 0.25) is 0 Å². The second-order valence-electron chi connectivity index (χ2n) is 4.95. The molecule has 1 saturated carbocycles. The molecule has 1 aliphatic carbocycles. The third-order valence-corrected chi connectivity index (χ3v) is 4.98. The van der Waals surface area contributed by atoms with Gasteiger partial charge < -0.3 is 9.64 Å². The molecule has 1 aliphatic heterocycles. The number of ether oxygens (including phenoxy) is 1. The molecule has 6 nitrogen and oxygen atoms in total. The third kappa shape index (κ3) is 2.27. The molecular formula is C13H16N2O4S. The predicted octanol–water partition coefficient (Wildman–Crippen LogP) is 0.730. The Balaban J connectivity index is 2.02. The van der Waals surface area contributed by atoms with E-state index in [0.29, 0.717) is 24.6 Å². The lowest BCUT2D eigenvalue weighted by molar-refractivity contribution is -0.120. The molecule has 1 heterocycles. The molecule has 0 atom stereocenters. The largest absolute Gasteiger partial charge is 0.490 e. The van der Waals surface area contributed by atoms with Crippen molar-refractivity contribution >= 4 is 21.6 Å². The van der Waals surface area contributed by atoms with Crippen molar-refractivity contribution < 1.29 is 17.9 Å². The fourth-order valence-corrected chi connectivity index (χ4v) is 3.01. The van der Waals surface area contributed by atoms with E-state index in [0.717, 1.165) is 12.8 Å². The van der Waals surface area contributed by atoms with Crippen LogP contribution in [0.15, 0.2) is 23.1 Å². The van der Waals surface area contributed by atoms with E-state index in [1.54, 1.807) is 11.0 Å². The Morgan fingerprint density at radius 2 is 2.15 bits per heavy atom. The number of carbonyl (C=O) groups excluding carboxylic acids is 1. The Hall–Kier alpha value is -1.60. The number of anilines is 1. The predicted molar refractivity (Wildman–Crippen MR) is 73.3 cm³/mol. The number of hydrogen-bond donors (Lipinski definition) is 1. The molecule has 2 aliphatic rings. The molecule has 3 rings (SSSR count). The number of nitrogens with zero attached hydrogens (tertiary/aromatic N) is 1. The minimum Gasteiger partial charge on any atom is -0.490 e. The number of nitrogens with one attached hydrogen (secondary N) is 1. The van der Waals surface area contributed by atoms with Crippen LogP contribution in [-0.2, 0) is 14.8 Å². The molecule has 0 bridgehead atoms. The SMILES string of the molecule is CNS(=O)(=O)c1ccc2c(c1)N(C(=O)C1CC1)CCO2. The van der Waals surface area contributed by atoms with Gasteiger partial charge in [0.15, 0.2) is 0 Å². The average molecular weight is 296 g/mol. The Bertz CT molecular complexity index is 652. The molecule has 0 spiro atoms. The smallest absolute Gasteiger partial charge is 0.240 e. The number of fused-ring (bicyclic) bond motifs is 1. The fraction of sp³-hybridized carbons (Fsp3) is 0.462. The van der Waals surface area contributed by atoms with Crippen molar-refractivity contribution in [3.63, 3.8) is 0 Å². The first-order valence-electron chi connectivity index (χ1n) is 6.55. The average Bonchev–Trinajstić information content (AvgIpc) is 3.30. The minimum atomic E-state index is -3.53. The molecule has 1 fully saturated rings. The van der Waals surface area contributed by atoms with E-state index in [9.17, 15) is 13.2 Å². The Morgan fingerprint density at radius 3 is 2.80 bits per heavy atom. The van der Waals surface area contributed by atoms with E-state index >= 15 is 0 Å². The summed E-state index contributed by atoms with van der Waals surface area (Å²) in [6, 6.07) is 4.59. The summed E-state index contributed by atoms with van der Waals surface area (Å²) < 4.78 is 31.5. The number of sulfonamides is 1. The van der Waals surface area contributed by atoms with Gasteiger partial charge in [-0.25, -0.2) is 13.1 Å². The van der Waals surface area contributed by atoms with Crippen LogP contribution in [0.5, 0.6) is 5.75 Å². The summed E-state index contributed by atoms with van der Waals surface area (Å²) in [7, 11) is -2.17. The Labute approximate surface area is 117 Å². The van der Waals surface area contributed by atoms with E-state index in [4.69, 9.17) is 4.74 Å². The zero-order valence-corrected chi connectivity index (χ0v) is 11.9. The first kappa shape index (κ1) is 13.4. The highest BCUT2D eigenvalue weighted by Crippen LogP contribution is 2.38. The van der Waals surface area contributed by atoms with Gasteiger partial charge in [-0.05, 0) is 38.1 Å². The summed E-state index contributed by atoms with van der Waals surface area (Å²) in [5, 5.41) is 0. The van der Waals surface area contributed by atoms with Gasteiger partial charge in [0.2, 0.25) is 15.9 Å². The molecule has 0 unspecified atom stereocenters. The van der Waals surface area contributed by atoms with E-state index in [-0.39, 0.29) is 16.7 Å². The lowest BCUT2D eigenvalue weighted by atomic mass is 10.2. The normalized spacial score (nSPS) is 18.4. The van der Waals surface area contributed by atoms with Crippen LogP contribution in [0.25, 0.3) is 0 Å². The van der Waals surface area contributed by atoms with Gasteiger partial charge in [0.1, 0.15) is 12.4 Å². The topological polar surface area (TPSA) is 75.7 Å². The van der Waals surface area contributed by atoms with Gasteiger partial charge in [-0.3, -0.25) is 4.79 Å². The van der Waals surface area contributed by atoms with Gasteiger partial charge >= 0.3 is 0 Å². The van der Waals surface area contributed by atoms with E-state index in [2.05, 4.69) is 4.72 Å². The first-order chi connectivity index (χ1) is 9.53. The first-order valence-corrected chi connectivity index (χ1v) is 8.03. The summed E-state index contributed by atoms with van der Waals surface area (Å²) >= 11 is 0. The van der Waals surface area contributed by atoms with Gasteiger partial charge in [0, 0.05) is 5.92 Å². The summed E-state index contributed by atoms with van der Waals surface area (Å²) in [6.45, 7) is 0.898. The van der Waals surface area contributed by atoms with Crippen LogP contribution in [0.4, 0.5) is 5.69 Å². The molecule has 0 saturated heterocycles. The molecule has 1 aromatic rings. The van der Waals surface area contributed by atoms with Crippen molar-refractivity contribution in [3.05, 3.63) is 18.2 Å². The number of benzene rings is 1. The van der Waals surface area contributed by atoms with Crippen LogP contribution in [0, 0.1) is 5.92 Å². The lowest BCUT2D eigenvalue weighted by Crippen LogP contribution is -2.39. The van der Waals surface area contributed by atoms with Gasteiger partial charge in [-0.15, -0.1) is 0 Å². The summed E-state index contributed by atoms with van der Waals surface area (Å²) in [5.41, 5.74) is 0.546. The van der Waals surface area contributed by atoms with E-state index < -0.39 is 10.0 Å². The number of rotatable bonds is 3. The Kier molecular flexibility index (Phi) is 3.18. The van der Waals surface area contributed by atoms with Crippen molar-refractivity contribution in [2.45, 2.75) is 17.7 Å². The maximum atomic E-state index is 12.3. The molecule has 108 valence electrons. The lowest BCUT2D eigenvalue weighted by Gasteiger charge is -2.30. The van der Waals surface area contributed by atoms with Crippen molar-refractivity contribution in [1.29, 1.82) is 0 Å². The van der Waals surface area contributed by atoms with Crippen LogP contribution < -0.4 is 14.4 Å². The fourth-order valence-electron chi connectivity index (χ4n) is 2.26. The molecule has 20 heavy (non-hydrogen) atoms. The third-order valence-electron chi connectivity index (χ3n) is 3.57. The monoisotopic (exact) mass is 296 g/mol. The summed E-state index contributed by atoms with van der Waals surface area (Å²) in [4.78, 5) is 14.0. The quantitative estimate of drug-likeness (QED) is 0.892. The zero-order valence-electron chi connectivity index (χ0n) is 11.1. The van der Waals surface area contributed by atoms with Gasteiger partial charge in [-0.2, -0.15) is 0 Å². The second kappa shape index (κ2) is 4.75. The van der Waals surface area contributed by atoms with Crippen LogP contribution in [0.3, 0.4) is 0 Å². The molecule has 1 amide bonds. The maximum absolute atomic E-state index is 12.3. The highest BCUT2D eigenvalue weighted by molar-refractivity contribution is 7.89. The second-order valence-corrected chi connectivity index (χ2v) is 6.84. The van der Waals surface area contributed by atoms with Gasteiger partial charge in [0.25, 0.3) is 0 Å². The maximum Gasteiger partial charge on any atom is 0.240 e. The van der Waals surface area contributed by atoms with Crippen molar-refractivity contribution in [2.24, 2.45) is 5.92 Å². The summed E-state index contributed by atoms with van der Waals surface area (Å²) in [5.74, 6) is 0.708. The highest BCUT2D eigenvalue weighted by atomic mass is 32.2. The zero-order chi connectivity index (χ0) is 14.3. The van der Waals surface area contributed by atoms with E-state index in [1.807, 2.05) is 0 Å². The molecule has 0 aromatic heterocycles. The van der Waals surface area contributed by atoms with Crippen LogP contribution in [-0.4, -0.2) is 34.5 Å². The Morgan fingerprint density at radius 1 is 1.40 bits per heavy atom. The molecule has 1 N–H and O–H groups in total. The van der Waals surface area contributed by atoms with E-state index in [1.165, 1.54) is 19.2 Å². The van der Waals surface area contributed by atoms with Crippen LogP contribution >= 0.6 is 0 Å². The molecule has 0 radical (unpaired) electrons. The summed E-state index contributed by atoms with van der Waals surface area (Å²) in [6.07, 6.45) is 1.83. The standard InChI is InChI=1S/C13H16N2O4S/c1-14-20(17,18)10-4-5-12-11(8-10)15(6-7-19-12)13(16)9-2-3-9/h4-5,8-9,14H,2-3,6-7H2,1H3. The minimum absolute atomic E-state index is 0.0635. The molecular weight excluding hydrogens is 280 g/mol. The van der Waals surface area contributed by atoms with Crippen LogP contribution in [0.1, 0.15) is 12.8 Å². The van der Waals surface area contributed by atoms with Crippen molar-refractivity contribution in [1.82, 2.24) is 4.72 Å². The molecule has 7 heteroatoms. The number of carbonyl (C=O) groups is 1. The van der Waals surface area contributed by atoms with Gasteiger partial charge in [0.05, 0.1) is 17.1 Å². The number of hydrogen-bond acceptors (Lipinski definition) is 4. The number of amides is 1. The van der Waals surface area contributed by atoms with Gasteiger partial charge in [-0.1, -0.05) is 0 Å². The molecule has 1 aromatic carbocycles. The van der Waals surface area contributed by atoms with Crippen molar-refractivity contribution in [2.75, 3.05) is 25.1 Å². The van der Waals surface area contributed by atoms with Crippen molar-refractivity contribution in [3.8, 4) is 5.75 Å². The highest BCUT2D eigenvalue weighted by Gasteiger charge is 2.36.